The van der Waals surface area contributed by atoms with Gasteiger partial charge < -0.3 is 14.9 Å². The third kappa shape index (κ3) is 3.17. The highest BCUT2D eigenvalue weighted by molar-refractivity contribution is 7.86. The summed E-state index contributed by atoms with van der Waals surface area (Å²) in [6.07, 6.45) is 0. The van der Waals surface area contributed by atoms with E-state index in [1.165, 1.54) is 6.92 Å². The van der Waals surface area contributed by atoms with Crippen LogP contribution in [0.3, 0.4) is 0 Å². The van der Waals surface area contributed by atoms with Crippen LogP contribution in [-0.4, -0.2) is 42.8 Å². The van der Waals surface area contributed by atoms with E-state index in [4.69, 9.17) is 9.29 Å². The molecule has 0 saturated heterocycles. The number of hydrogen-bond acceptors (Lipinski definition) is 7. The van der Waals surface area contributed by atoms with Crippen molar-refractivity contribution >= 4 is 31.0 Å². The lowest BCUT2D eigenvalue weighted by molar-refractivity contribution is 0.332. The predicted molar refractivity (Wildman–Crippen MR) is 78.1 cm³/mol. The van der Waals surface area contributed by atoms with Crippen molar-refractivity contribution < 1.29 is 40.9 Å². The van der Waals surface area contributed by atoms with Crippen LogP contribution in [0.1, 0.15) is 6.92 Å². The van der Waals surface area contributed by atoms with Gasteiger partial charge in [0.05, 0.1) is 16.9 Å². The van der Waals surface area contributed by atoms with Crippen molar-refractivity contribution in [3.05, 3.63) is 18.2 Å². The summed E-state index contributed by atoms with van der Waals surface area (Å²) in [5.74, 6) is -1.92. The number of phenolic OH excluding ortho intramolecular Hbond substituents is 2. The van der Waals surface area contributed by atoms with Crippen LogP contribution in [-0.2, 0) is 20.2 Å². The van der Waals surface area contributed by atoms with Crippen LogP contribution in [0.25, 0.3) is 10.8 Å². The Bertz CT molecular complexity index is 983. The average Bonchev–Trinajstić information content (AvgIpc) is 2.38. The van der Waals surface area contributed by atoms with Crippen LogP contribution in [0, 0.1) is 0 Å². The molecule has 2 aromatic carbocycles. The molecule has 0 aliphatic rings. The maximum absolute atomic E-state index is 11.4. The summed E-state index contributed by atoms with van der Waals surface area (Å²) in [4.78, 5) is -1.55. The van der Waals surface area contributed by atoms with Crippen LogP contribution in [0.5, 0.6) is 17.2 Å². The highest BCUT2D eigenvalue weighted by Crippen LogP contribution is 2.43. The van der Waals surface area contributed by atoms with Crippen molar-refractivity contribution in [1.29, 1.82) is 0 Å². The lowest BCUT2D eigenvalue weighted by Crippen LogP contribution is -2.05. The van der Waals surface area contributed by atoms with Crippen molar-refractivity contribution in [3.63, 3.8) is 0 Å². The summed E-state index contributed by atoms with van der Waals surface area (Å²) < 4.78 is 68.8. The number of hydrogen-bond donors (Lipinski definition) is 4. The fraction of sp³-hybridized carbons (Fsp3) is 0.167. The Kier molecular flexibility index (Phi) is 4.15. The first-order valence-electron chi connectivity index (χ1n) is 6.07. The number of benzene rings is 2. The van der Waals surface area contributed by atoms with Gasteiger partial charge in [-0.3, -0.25) is 9.11 Å². The maximum Gasteiger partial charge on any atom is 0.298 e. The van der Waals surface area contributed by atoms with Gasteiger partial charge in [0, 0.05) is 17.5 Å². The molecule has 2 rings (SSSR count). The molecule has 126 valence electrons. The van der Waals surface area contributed by atoms with E-state index in [2.05, 4.69) is 0 Å². The zero-order valence-electron chi connectivity index (χ0n) is 11.6. The summed E-state index contributed by atoms with van der Waals surface area (Å²) in [5.41, 5.74) is 0. The van der Waals surface area contributed by atoms with Crippen LogP contribution in [0.4, 0.5) is 0 Å². The van der Waals surface area contributed by atoms with Gasteiger partial charge in [-0.05, 0) is 13.0 Å². The molecule has 0 saturated carbocycles. The highest BCUT2D eigenvalue weighted by atomic mass is 32.2. The molecular weight excluding hydrogens is 352 g/mol. The van der Waals surface area contributed by atoms with Crippen molar-refractivity contribution in [1.82, 2.24) is 0 Å². The first-order valence-corrected chi connectivity index (χ1v) is 8.95. The topological polar surface area (TPSA) is 158 Å². The van der Waals surface area contributed by atoms with Gasteiger partial charge in [-0.1, -0.05) is 0 Å². The van der Waals surface area contributed by atoms with Gasteiger partial charge >= 0.3 is 0 Å². The smallest absolute Gasteiger partial charge is 0.298 e. The average molecular weight is 364 g/mol. The number of ether oxygens (including phenoxy) is 1. The summed E-state index contributed by atoms with van der Waals surface area (Å²) in [7, 11) is -9.53. The van der Waals surface area contributed by atoms with E-state index in [1.807, 2.05) is 0 Å². The molecule has 2 aromatic rings. The van der Waals surface area contributed by atoms with E-state index in [0.717, 1.165) is 6.07 Å². The Labute approximate surface area is 131 Å². The zero-order chi connectivity index (χ0) is 17.6. The van der Waals surface area contributed by atoms with E-state index in [9.17, 15) is 31.6 Å². The van der Waals surface area contributed by atoms with Gasteiger partial charge in [-0.15, -0.1) is 0 Å². The quantitative estimate of drug-likeness (QED) is 0.583. The normalized spacial score (nSPS) is 12.5. The minimum atomic E-state index is -4.81. The molecule has 11 heteroatoms. The first kappa shape index (κ1) is 17.3. The number of rotatable bonds is 4. The molecule has 0 spiro atoms. The third-order valence-electron chi connectivity index (χ3n) is 2.95. The molecule has 0 aliphatic carbocycles. The van der Waals surface area contributed by atoms with Crippen LogP contribution < -0.4 is 4.74 Å². The Morgan fingerprint density at radius 1 is 0.957 bits per heavy atom. The minimum Gasteiger partial charge on any atom is -0.507 e. The fourth-order valence-electron chi connectivity index (χ4n) is 2.08. The lowest BCUT2D eigenvalue weighted by atomic mass is 10.1. The summed E-state index contributed by atoms with van der Waals surface area (Å²) in [6, 6.07) is 2.15. The summed E-state index contributed by atoms with van der Waals surface area (Å²) in [6.45, 7) is 1.44. The van der Waals surface area contributed by atoms with Gasteiger partial charge in [0.25, 0.3) is 20.2 Å². The molecule has 0 aliphatic heterocycles. The fourth-order valence-corrected chi connectivity index (χ4v) is 3.27. The van der Waals surface area contributed by atoms with Crippen LogP contribution in [0.2, 0.25) is 0 Å². The molecule has 23 heavy (non-hydrogen) atoms. The summed E-state index contributed by atoms with van der Waals surface area (Å²) >= 11 is 0. The van der Waals surface area contributed by atoms with Crippen molar-refractivity contribution in [2.45, 2.75) is 16.7 Å². The maximum atomic E-state index is 11.4. The standard InChI is InChI=1S/C12H12O9S2/c1-2-21-12-7-3-6(22(15,16)17)4-8(13)11(7)9(14)5-10(12)23(18,19)20/h3-5,13-14H,2H2,1H3,(H,15,16,17)(H,18,19,20). The van der Waals surface area contributed by atoms with Gasteiger partial charge in [-0.2, -0.15) is 16.8 Å². The van der Waals surface area contributed by atoms with E-state index in [-0.39, 0.29) is 17.4 Å². The first-order chi connectivity index (χ1) is 10.5. The van der Waals surface area contributed by atoms with Gasteiger partial charge in [0.2, 0.25) is 0 Å². The minimum absolute atomic E-state index is 0.0563. The molecular formula is C12H12O9S2. The molecule has 0 bridgehead atoms. The molecule has 4 N–H and O–H groups in total. The van der Waals surface area contributed by atoms with E-state index in [1.54, 1.807) is 0 Å². The molecule has 0 unspecified atom stereocenters. The van der Waals surface area contributed by atoms with Crippen molar-refractivity contribution in [3.8, 4) is 17.2 Å². The van der Waals surface area contributed by atoms with E-state index in [0.29, 0.717) is 12.1 Å². The molecule has 0 atom stereocenters. The van der Waals surface area contributed by atoms with Crippen LogP contribution >= 0.6 is 0 Å². The van der Waals surface area contributed by atoms with Gasteiger partial charge in [0.1, 0.15) is 22.1 Å². The number of fused-ring (bicyclic) bond motifs is 1. The molecule has 9 nitrogen and oxygen atoms in total. The second-order valence-electron chi connectivity index (χ2n) is 4.47. The Hall–Kier alpha value is -2.08. The predicted octanol–water partition coefficient (Wildman–Crippen LogP) is 1.14. The van der Waals surface area contributed by atoms with E-state index < -0.39 is 47.3 Å². The molecule has 0 aromatic heterocycles. The Balaban J connectivity index is 3.08. The lowest BCUT2D eigenvalue weighted by Gasteiger charge is -2.14. The monoisotopic (exact) mass is 364 g/mol. The van der Waals surface area contributed by atoms with E-state index >= 15 is 0 Å². The Morgan fingerprint density at radius 2 is 1.52 bits per heavy atom. The van der Waals surface area contributed by atoms with Crippen molar-refractivity contribution in [2.75, 3.05) is 6.61 Å². The molecule has 0 heterocycles. The molecule has 0 radical (unpaired) electrons. The number of aromatic hydroxyl groups is 2. The second-order valence-corrected chi connectivity index (χ2v) is 7.28. The SMILES string of the molecule is CCOc1c(S(=O)(=O)O)cc(O)c2c(O)cc(S(=O)(=O)O)cc12. The van der Waals surface area contributed by atoms with Crippen molar-refractivity contribution in [2.24, 2.45) is 0 Å². The van der Waals surface area contributed by atoms with Crippen LogP contribution in [0.15, 0.2) is 28.0 Å². The largest absolute Gasteiger partial charge is 0.507 e. The zero-order valence-corrected chi connectivity index (χ0v) is 13.2. The van der Waals surface area contributed by atoms with Gasteiger partial charge in [0.15, 0.2) is 0 Å². The third-order valence-corrected chi connectivity index (χ3v) is 4.64. The molecule has 0 fully saturated rings. The highest BCUT2D eigenvalue weighted by Gasteiger charge is 2.25. The Morgan fingerprint density at radius 3 is 2.00 bits per heavy atom. The van der Waals surface area contributed by atoms with Gasteiger partial charge in [-0.25, -0.2) is 0 Å². The summed E-state index contributed by atoms with van der Waals surface area (Å²) in [5, 5.41) is 19.1. The number of phenols is 2. The molecule has 0 amide bonds. The second kappa shape index (κ2) is 5.53.